The van der Waals surface area contributed by atoms with Crippen molar-refractivity contribution in [3.63, 3.8) is 0 Å². The van der Waals surface area contributed by atoms with Gasteiger partial charge in [0.1, 0.15) is 0 Å². The first-order valence-electron chi connectivity index (χ1n) is 7.50. The summed E-state index contributed by atoms with van der Waals surface area (Å²) < 4.78 is 0. The van der Waals surface area contributed by atoms with Crippen molar-refractivity contribution in [2.45, 2.75) is 58.9 Å². The molecule has 0 radical (unpaired) electrons. The van der Waals surface area contributed by atoms with Crippen molar-refractivity contribution in [3.05, 3.63) is 34.9 Å². The standard InChI is InChI=1S/C17H27N/c1-4-8-18-17(12-15-6-5-7-15)16-10-13(2)9-14(3)11-16/h9-11,15,17-18H,4-8,12H2,1-3H3. The Labute approximate surface area is 112 Å². The molecule has 1 saturated carbocycles. The molecule has 0 amide bonds. The summed E-state index contributed by atoms with van der Waals surface area (Å²) in [5.41, 5.74) is 4.27. The minimum atomic E-state index is 0.564. The second-order valence-corrected chi connectivity index (χ2v) is 5.96. The summed E-state index contributed by atoms with van der Waals surface area (Å²) in [6, 6.07) is 7.55. The van der Waals surface area contributed by atoms with E-state index in [1.807, 2.05) is 0 Å². The molecule has 1 atom stereocenters. The third kappa shape index (κ3) is 3.58. The molecule has 0 aromatic heterocycles. The van der Waals surface area contributed by atoms with Gasteiger partial charge in [-0.15, -0.1) is 0 Å². The fraction of sp³-hybridized carbons (Fsp3) is 0.647. The van der Waals surface area contributed by atoms with Crippen molar-refractivity contribution in [2.24, 2.45) is 5.92 Å². The smallest absolute Gasteiger partial charge is 0.0323 e. The van der Waals surface area contributed by atoms with Gasteiger partial charge in [0, 0.05) is 6.04 Å². The van der Waals surface area contributed by atoms with Crippen LogP contribution < -0.4 is 5.32 Å². The largest absolute Gasteiger partial charge is 0.310 e. The number of hydrogen-bond acceptors (Lipinski definition) is 1. The fourth-order valence-electron chi connectivity index (χ4n) is 2.93. The molecule has 1 aromatic carbocycles. The van der Waals surface area contributed by atoms with Crippen LogP contribution >= 0.6 is 0 Å². The Bertz CT molecular complexity index is 359. The summed E-state index contributed by atoms with van der Waals surface area (Å²) in [4.78, 5) is 0. The van der Waals surface area contributed by atoms with Crippen LogP contribution in [0.25, 0.3) is 0 Å². The van der Waals surface area contributed by atoms with E-state index < -0.39 is 0 Å². The van der Waals surface area contributed by atoms with Crippen molar-refractivity contribution in [2.75, 3.05) is 6.54 Å². The first kappa shape index (κ1) is 13.6. The molecular weight excluding hydrogens is 218 g/mol. The van der Waals surface area contributed by atoms with Gasteiger partial charge in [0.05, 0.1) is 0 Å². The molecule has 1 heteroatoms. The van der Waals surface area contributed by atoms with Crippen LogP contribution in [0.5, 0.6) is 0 Å². The average molecular weight is 245 g/mol. The van der Waals surface area contributed by atoms with Gasteiger partial charge >= 0.3 is 0 Å². The lowest BCUT2D eigenvalue weighted by Crippen LogP contribution is -2.26. The maximum atomic E-state index is 3.74. The highest BCUT2D eigenvalue weighted by atomic mass is 14.9. The second-order valence-electron chi connectivity index (χ2n) is 5.96. The second kappa shape index (κ2) is 6.38. The Morgan fingerprint density at radius 2 is 1.83 bits per heavy atom. The van der Waals surface area contributed by atoms with E-state index in [4.69, 9.17) is 0 Å². The summed E-state index contributed by atoms with van der Waals surface area (Å²) in [6.07, 6.45) is 6.86. The SMILES string of the molecule is CCCNC(CC1CCC1)c1cc(C)cc(C)c1. The maximum Gasteiger partial charge on any atom is 0.0323 e. The summed E-state index contributed by atoms with van der Waals surface area (Å²) in [5.74, 6) is 0.958. The normalized spacial score (nSPS) is 17.5. The highest BCUT2D eigenvalue weighted by molar-refractivity contribution is 5.30. The molecule has 18 heavy (non-hydrogen) atoms. The Hall–Kier alpha value is -0.820. The number of benzene rings is 1. The van der Waals surface area contributed by atoms with E-state index in [9.17, 15) is 0 Å². The van der Waals surface area contributed by atoms with Crippen molar-refractivity contribution in [3.8, 4) is 0 Å². The summed E-state index contributed by atoms with van der Waals surface area (Å²) >= 11 is 0. The summed E-state index contributed by atoms with van der Waals surface area (Å²) in [5, 5.41) is 3.74. The molecule has 100 valence electrons. The zero-order valence-corrected chi connectivity index (χ0v) is 12.1. The zero-order valence-electron chi connectivity index (χ0n) is 12.1. The lowest BCUT2D eigenvalue weighted by Gasteiger charge is -2.30. The summed E-state index contributed by atoms with van der Waals surface area (Å²) in [7, 11) is 0. The van der Waals surface area contributed by atoms with E-state index in [0.717, 1.165) is 12.5 Å². The van der Waals surface area contributed by atoms with Crippen LogP contribution in [-0.2, 0) is 0 Å². The average Bonchev–Trinajstić information content (AvgIpc) is 2.25. The van der Waals surface area contributed by atoms with Crippen LogP contribution in [0.15, 0.2) is 18.2 Å². The van der Waals surface area contributed by atoms with E-state index in [1.54, 1.807) is 0 Å². The highest BCUT2D eigenvalue weighted by Crippen LogP contribution is 2.35. The molecule has 1 aromatic rings. The molecule has 1 N–H and O–H groups in total. The number of rotatable bonds is 6. The van der Waals surface area contributed by atoms with E-state index in [1.165, 1.54) is 48.8 Å². The number of aryl methyl sites for hydroxylation is 2. The van der Waals surface area contributed by atoms with Gasteiger partial charge in [0.2, 0.25) is 0 Å². The van der Waals surface area contributed by atoms with Crippen LogP contribution in [0.3, 0.4) is 0 Å². The first-order valence-corrected chi connectivity index (χ1v) is 7.50. The Balaban J connectivity index is 2.09. The lowest BCUT2D eigenvalue weighted by atomic mass is 9.79. The molecule has 1 unspecified atom stereocenters. The summed E-state index contributed by atoms with van der Waals surface area (Å²) in [6.45, 7) is 7.78. The molecule has 1 aliphatic rings. The molecule has 0 aliphatic heterocycles. The van der Waals surface area contributed by atoms with Gasteiger partial charge in [-0.25, -0.2) is 0 Å². The van der Waals surface area contributed by atoms with Crippen molar-refractivity contribution < 1.29 is 0 Å². The van der Waals surface area contributed by atoms with Gasteiger partial charge in [-0.1, -0.05) is 55.5 Å². The molecule has 1 aliphatic carbocycles. The van der Waals surface area contributed by atoms with Crippen molar-refractivity contribution >= 4 is 0 Å². The number of hydrogen-bond donors (Lipinski definition) is 1. The van der Waals surface area contributed by atoms with Gasteiger partial charge in [0.25, 0.3) is 0 Å². The minimum absolute atomic E-state index is 0.564. The van der Waals surface area contributed by atoms with Gasteiger partial charge in [-0.05, 0) is 44.7 Å². The molecule has 0 heterocycles. The van der Waals surface area contributed by atoms with E-state index in [2.05, 4.69) is 44.3 Å². The third-order valence-corrected chi connectivity index (χ3v) is 4.08. The predicted molar refractivity (Wildman–Crippen MR) is 78.9 cm³/mol. The Morgan fingerprint density at radius 1 is 1.17 bits per heavy atom. The van der Waals surface area contributed by atoms with Gasteiger partial charge in [-0.2, -0.15) is 0 Å². The third-order valence-electron chi connectivity index (χ3n) is 4.08. The minimum Gasteiger partial charge on any atom is -0.310 e. The van der Waals surface area contributed by atoms with Crippen LogP contribution in [-0.4, -0.2) is 6.54 Å². The Morgan fingerprint density at radius 3 is 2.33 bits per heavy atom. The van der Waals surface area contributed by atoms with Crippen LogP contribution in [0.1, 0.15) is 61.8 Å². The van der Waals surface area contributed by atoms with Crippen LogP contribution in [0.2, 0.25) is 0 Å². The molecule has 1 fully saturated rings. The van der Waals surface area contributed by atoms with E-state index in [0.29, 0.717) is 6.04 Å². The predicted octanol–water partition coefficient (Wildman–Crippen LogP) is 4.53. The van der Waals surface area contributed by atoms with Crippen LogP contribution in [0, 0.1) is 19.8 Å². The van der Waals surface area contributed by atoms with E-state index in [-0.39, 0.29) is 0 Å². The monoisotopic (exact) mass is 245 g/mol. The van der Waals surface area contributed by atoms with Gasteiger partial charge in [-0.3, -0.25) is 0 Å². The maximum absolute atomic E-state index is 3.74. The van der Waals surface area contributed by atoms with Gasteiger partial charge in [0.15, 0.2) is 0 Å². The molecular formula is C17H27N. The highest BCUT2D eigenvalue weighted by Gasteiger charge is 2.22. The first-order chi connectivity index (χ1) is 8.69. The quantitative estimate of drug-likeness (QED) is 0.776. The Kier molecular flexibility index (Phi) is 4.82. The lowest BCUT2D eigenvalue weighted by molar-refractivity contribution is 0.261. The topological polar surface area (TPSA) is 12.0 Å². The van der Waals surface area contributed by atoms with Crippen LogP contribution in [0.4, 0.5) is 0 Å². The molecule has 0 bridgehead atoms. The number of nitrogens with one attached hydrogen (secondary N) is 1. The molecule has 0 saturated heterocycles. The van der Waals surface area contributed by atoms with Gasteiger partial charge < -0.3 is 5.32 Å². The van der Waals surface area contributed by atoms with E-state index >= 15 is 0 Å². The molecule has 0 spiro atoms. The fourth-order valence-corrected chi connectivity index (χ4v) is 2.93. The molecule has 1 nitrogen and oxygen atoms in total. The van der Waals surface area contributed by atoms with Crippen molar-refractivity contribution in [1.82, 2.24) is 5.32 Å². The molecule has 2 rings (SSSR count). The van der Waals surface area contributed by atoms with Crippen molar-refractivity contribution in [1.29, 1.82) is 0 Å². The zero-order chi connectivity index (χ0) is 13.0.